The van der Waals surface area contributed by atoms with Crippen molar-refractivity contribution in [1.29, 1.82) is 0 Å². The standard InChI is InChI=1S/C13H11FN2OS2/c1-7-4-5-19-11(7)13(17)16-10-3-2-8(12(15)18)6-9(10)14/h2-6H,1H3,(H2,15,18)(H,16,17). The van der Waals surface area contributed by atoms with Crippen molar-refractivity contribution < 1.29 is 9.18 Å². The van der Waals surface area contributed by atoms with E-state index in [2.05, 4.69) is 5.32 Å². The lowest BCUT2D eigenvalue weighted by Gasteiger charge is -2.07. The van der Waals surface area contributed by atoms with E-state index in [1.807, 2.05) is 18.4 Å². The van der Waals surface area contributed by atoms with Gasteiger partial charge < -0.3 is 11.1 Å². The summed E-state index contributed by atoms with van der Waals surface area (Å²) in [5.74, 6) is -0.887. The highest BCUT2D eigenvalue weighted by molar-refractivity contribution is 7.80. The summed E-state index contributed by atoms with van der Waals surface area (Å²) in [6, 6.07) is 6.07. The van der Waals surface area contributed by atoms with Crippen LogP contribution in [0.15, 0.2) is 29.6 Å². The number of thiocarbonyl (C=S) groups is 1. The van der Waals surface area contributed by atoms with Gasteiger partial charge in [0, 0.05) is 5.56 Å². The van der Waals surface area contributed by atoms with Crippen molar-refractivity contribution in [2.45, 2.75) is 6.92 Å². The Morgan fingerprint density at radius 1 is 1.42 bits per heavy atom. The van der Waals surface area contributed by atoms with Crippen molar-refractivity contribution in [2.24, 2.45) is 5.73 Å². The summed E-state index contributed by atoms with van der Waals surface area (Å²) < 4.78 is 13.8. The third-order valence-corrected chi connectivity index (χ3v) is 3.82. The van der Waals surface area contributed by atoms with Crippen LogP contribution in [-0.2, 0) is 0 Å². The quantitative estimate of drug-likeness (QED) is 0.855. The van der Waals surface area contributed by atoms with Gasteiger partial charge in [-0.05, 0) is 42.1 Å². The first-order valence-electron chi connectivity index (χ1n) is 5.44. The van der Waals surface area contributed by atoms with Crippen molar-refractivity contribution in [2.75, 3.05) is 5.32 Å². The minimum Gasteiger partial charge on any atom is -0.389 e. The molecule has 0 saturated heterocycles. The highest BCUT2D eigenvalue weighted by Crippen LogP contribution is 2.20. The average Bonchev–Trinajstić information content (AvgIpc) is 2.77. The maximum Gasteiger partial charge on any atom is 0.266 e. The lowest BCUT2D eigenvalue weighted by Crippen LogP contribution is -2.14. The van der Waals surface area contributed by atoms with Crippen LogP contribution in [0.2, 0.25) is 0 Å². The van der Waals surface area contributed by atoms with E-state index in [4.69, 9.17) is 18.0 Å². The zero-order valence-electron chi connectivity index (χ0n) is 10.1. The van der Waals surface area contributed by atoms with E-state index in [9.17, 15) is 9.18 Å². The van der Waals surface area contributed by atoms with E-state index < -0.39 is 5.82 Å². The Bertz CT molecular complexity index is 652. The third kappa shape index (κ3) is 2.97. The number of nitrogens with two attached hydrogens (primary N) is 1. The van der Waals surface area contributed by atoms with E-state index in [-0.39, 0.29) is 16.6 Å². The zero-order chi connectivity index (χ0) is 14.0. The summed E-state index contributed by atoms with van der Waals surface area (Å²) in [5, 5.41) is 4.35. The molecule has 2 aromatic rings. The summed E-state index contributed by atoms with van der Waals surface area (Å²) >= 11 is 6.08. The molecule has 0 fully saturated rings. The second-order valence-electron chi connectivity index (χ2n) is 3.95. The first kappa shape index (κ1) is 13.6. The van der Waals surface area contributed by atoms with Gasteiger partial charge in [-0.3, -0.25) is 4.79 Å². The molecule has 0 bridgehead atoms. The molecular weight excluding hydrogens is 283 g/mol. The van der Waals surface area contributed by atoms with Gasteiger partial charge in [0.25, 0.3) is 5.91 Å². The topological polar surface area (TPSA) is 55.1 Å². The molecule has 1 heterocycles. The number of carbonyl (C=O) groups excluding carboxylic acids is 1. The highest BCUT2D eigenvalue weighted by Gasteiger charge is 2.13. The average molecular weight is 294 g/mol. The first-order chi connectivity index (χ1) is 8.99. The Balaban J connectivity index is 2.23. The van der Waals surface area contributed by atoms with Crippen molar-refractivity contribution in [3.8, 4) is 0 Å². The van der Waals surface area contributed by atoms with Gasteiger partial charge in [0.05, 0.1) is 10.6 Å². The molecule has 1 aromatic carbocycles. The molecule has 0 aliphatic carbocycles. The SMILES string of the molecule is Cc1ccsc1C(=O)Nc1ccc(C(N)=S)cc1F. The fraction of sp³-hybridized carbons (Fsp3) is 0.0769. The number of hydrogen-bond donors (Lipinski definition) is 2. The van der Waals surface area contributed by atoms with Crippen molar-refractivity contribution >= 4 is 40.1 Å². The van der Waals surface area contributed by atoms with Crippen LogP contribution in [0.4, 0.5) is 10.1 Å². The Kier molecular flexibility index (Phi) is 3.92. The van der Waals surface area contributed by atoms with E-state index in [1.54, 1.807) is 6.07 Å². The monoisotopic (exact) mass is 294 g/mol. The lowest BCUT2D eigenvalue weighted by molar-refractivity contribution is 0.102. The van der Waals surface area contributed by atoms with E-state index in [0.29, 0.717) is 10.4 Å². The zero-order valence-corrected chi connectivity index (χ0v) is 11.7. The number of aryl methyl sites for hydroxylation is 1. The molecule has 98 valence electrons. The molecule has 6 heteroatoms. The van der Waals surface area contributed by atoms with Crippen LogP contribution in [-0.4, -0.2) is 10.9 Å². The molecule has 0 spiro atoms. The fourth-order valence-electron chi connectivity index (χ4n) is 1.55. The van der Waals surface area contributed by atoms with Gasteiger partial charge in [0.15, 0.2) is 0 Å². The molecule has 0 atom stereocenters. The maximum absolute atomic E-state index is 13.8. The summed E-state index contributed by atoms with van der Waals surface area (Å²) in [6.07, 6.45) is 0. The number of benzene rings is 1. The molecule has 0 aliphatic rings. The van der Waals surface area contributed by atoms with Gasteiger partial charge in [-0.2, -0.15) is 0 Å². The minimum absolute atomic E-state index is 0.109. The second-order valence-corrected chi connectivity index (χ2v) is 5.30. The number of rotatable bonds is 3. The Labute approximate surface area is 119 Å². The van der Waals surface area contributed by atoms with Gasteiger partial charge in [-0.25, -0.2) is 4.39 Å². The van der Waals surface area contributed by atoms with Gasteiger partial charge in [0.1, 0.15) is 10.8 Å². The molecule has 0 radical (unpaired) electrons. The molecule has 2 rings (SSSR count). The molecule has 3 nitrogen and oxygen atoms in total. The molecule has 0 saturated carbocycles. The van der Waals surface area contributed by atoms with E-state index in [0.717, 1.165) is 5.56 Å². The minimum atomic E-state index is -0.562. The molecule has 3 N–H and O–H groups in total. The van der Waals surface area contributed by atoms with Crippen LogP contribution in [0, 0.1) is 12.7 Å². The van der Waals surface area contributed by atoms with E-state index >= 15 is 0 Å². The smallest absolute Gasteiger partial charge is 0.266 e. The predicted molar refractivity (Wildman–Crippen MR) is 79.3 cm³/mol. The van der Waals surface area contributed by atoms with E-state index in [1.165, 1.54) is 23.5 Å². The van der Waals surface area contributed by atoms with Gasteiger partial charge in [-0.15, -0.1) is 11.3 Å². The second kappa shape index (κ2) is 5.46. The highest BCUT2D eigenvalue weighted by atomic mass is 32.1. The maximum atomic E-state index is 13.8. The number of nitrogens with one attached hydrogen (secondary N) is 1. The fourth-order valence-corrected chi connectivity index (χ4v) is 2.50. The number of thiophene rings is 1. The number of amides is 1. The van der Waals surface area contributed by atoms with Crippen molar-refractivity contribution in [1.82, 2.24) is 0 Å². The number of carbonyl (C=O) groups is 1. The summed E-state index contributed by atoms with van der Waals surface area (Å²) in [6.45, 7) is 1.83. The number of anilines is 1. The molecule has 0 aliphatic heterocycles. The number of hydrogen-bond acceptors (Lipinski definition) is 3. The van der Waals surface area contributed by atoms with Crippen molar-refractivity contribution in [3.05, 3.63) is 51.5 Å². The van der Waals surface area contributed by atoms with Gasteiger partial charge in [-0.1, -0.05) is 12.2 Å². The van der Waals surface area contributed by atoms with Crippen LogP contribution in [0.5, 0.6) is 0 Å². The van der Waals surface area contributed by atoms with Crippen LogP contribution in [0.25, 0.3) is 0 Å². The van der Waals surface area contributed by atoms with Crippen LogP contribution in [0.1, 0.15) is 20.8 Å². The van der Waals surface area contributed by atoms with Crippen LogP contribution < -0.4 is 11.1 Å². The van der Waals surface area contributed by atoms with Crippen LogP contribution in [0.3, 0.4) is 0 Å². The largest absolute Gasteiger partial charge is 0.389 e. The molecule has 0 unspecified atom stereocenters. The van der Waals surface area contributed by atoms with Gasteiger partial charge in [0.2, 0.25) is 0 Å². The first-order valence-corrected chi connectivity index (χ1v) is 6.72. The van der Waals surface area contributed by atoms with Crippen LogP contribution >= 0.6 is 23.6 Å². The number of halogens is 1. The Hall–Kier alpha value is -1.79. The summed E-state index contributed by atoms with van der Waals surface area (Å²) in [7, 11) is 0. The van der Waals surface area contributed by atoms with Gasteiger partial charge >= 0.3 is 0 Å². The normalized spacial score (nSPS) is 10.2. The molecule has 1 amide bonds. The third-order valence-electron chi connectivity index (χ3n) is 2.57. The Morgan fingerprint density at radius 2 is 2.16 bits per heavy atom. The molecular formula is C13H11FN2OS2. The predicted octanol–water partition coefficient (Wildman–Crippen LogP) is 3.08. The summed E-state index contributed by atoms with van der Waals surface area (Å²) in [4.78, 5) is 12.6. The lowest BCUT2D eigenvalue weighted by atomic mass is 10.2. The summed E-state index contributed by atoms with van der Waals surface area (Å²) in [5.41, 5.74) is 6.81. The molecule has 1 aromatic heterocycles. The Morgan fingerprint density at radius 3 is 2.68 bits per heavy atom. The van der Waals surface area contributed by atoms with Crippen molar-refractivity contribution in [3.63, 3.8) is 0 Å². The molecule has 19 heavy (non-hydrogen) atoms.